The molecule has 0 bridgehead atoms. The second-order valence-corrected chi connectivity index (χ2v) is 3.25. The molecule has 1 aromatic heterocycles. The van der Waals surface area contributed by atoms with E-state index >= 15 is 0 Å². The molecule has 0 aliphatic carbocycles. The molecule has 2 heteroatoms. The van der Waals surface area contributed by atoms with Gasteiger partial charge in [0, 0.05) is 0 Å². The van der Waals surface area contributed by atoms with E-state index in [2.05, 4.69) is 33.1 Å². The predicted molar refractivity (Wildman–Crippen MR) is 47.1 cm³/mol. The third-order valence-corrected chi connectivity index (χ3v) is 2.29. The Balaban J connectivity index is 2.91. The van der Waals surface area contributed by atoms with Crippen molar-refractivity contribution >= 4 is 31.4 Å². The summed E-state index contributed by atoms with van der Waals surface area (Å²) in [5, 5.41) is 1.18. The maximum absolute atomic E-state index is 4.25. The molecule has 1 nitrogen and oxygen atoms in total. The summed E-state index contributed by atoms with van der Waals surface area (Å²) in [6, 6.07) is 10.1. The molecule has 0 aliphatic rings. The second kappa shape index (κ2) is 2.65. The van der Waals surface area contributed by atoms with E-state index in [-0.39, 0.29) is 0 Å². The Hall–Kier alpha value is -0.851. The van der Waals surface area contributed by atoms with Crippen molar-refractivity contribution in [3.63, 3.8) is 0 Å². The summed E-state index contributed by atoms with van der Waals surface area (Å²) in [5.41, 5.74) is 1.05. The monoisotopic (exact) mass is 208 g/mol. The van der Waals surface area contributed by atoms with Gasteiger partial charge >= 0.3 is 72.9 Å². The molecule has 0 N–H and O–H groups in total. The fraction of sp³-hybridized carbons (Fsp3) is 0. The van der Waals surface area contributed by atoms with Crippen molar-refractivity contribution in [2.24, 2.45) is 0 Å². The summed E-state index contributed by atoms with van der Waals surface area (Å²) in [6.07, 6.45) is 1.81. The van der Waals surface area contributed by atoms with Crippen molar-refractivity contribution in [2.75, 3.05) is 0 Å². The van der Waals surface area contributed by atoms with Crippen LogP contribution in [0.5, 0.6) is 0 Å². The first-order valence-electron chi connectivity index (χ1n) is 3.39. The van der Waals surface area contributed by atoms with Crippen LogP contribution in [0.15, 0.2) is 36.5 Å². The number of rotatable bonds is 0. The molecule has 1 heterocycles. The Kier molecular flexibility index (Phi) is 1.65. The summed E-state index contributed by atoms with van der Waals surface area (Å²) in [4.78, 5) is 4.25. The van der Waals surface area contributed by atoms with Crippen LogP contribution in [-0.2, 0) is 0 Å². The number of benzene rings is 1. The number of pyridine rings is 1. The van der Waals surface area contributed by atoms with Crippen molar-refractivity contribution < 1.29 is 0 Å². The molecule has 0 amide bonds. The topological polar surface area (TPSA) is 12.9 Å². The van der Waals surface area contributed by atoms with E-state index in [9.17, 15) is 0 Å². The molecule has 0 saturated heterocycles. The van der Waals surface area contributed by atoms with Crippen LogP contribution < -0.4 is 4.46 Å². The number of hydrogen-bond acceptors (Lipinski definition) is 1. The molecule has 0 saturated carbocycles. The summed E-state index contributed by atoms with van der Waals surface area (Å²) in [6.45, 7) is 0. The van der Waals surface area contributed by atoms with Gasteiger partial charge in [0.25, 0.3) is 0 Å². The first-order valence-corrected chi connectivity index (χ1v) is 4.24. The van der Waals surface area contributed by atoms with Crippen LogP contribution in [0.1, 0.15) is 0 Å². The third-order valence-electron chi connectivity index (χ3n) is 1.60. The van der Waals surface area contributed by atoms with E-state index in [1.807, 2.05) is 24.4 Å². The first kappa shape index (κ1) is 6.83. The van der Waals surface area contributed by atoms with E-state index in [1.54, 1.807) is 0 Å². The molecule has 0 aliphatic heterocycles. The Labute approximate surface area is 73.3 Å². The molecule has 0 fully saturated rings. The predicted octanol–water partition coefficient (Wildman–Crippen LogP) is 1.03. The third kappa shape index (κ3) is 1.15. The molecule has 2 aromatic rings. The van der Waals surface area contributed by atoms with Crippen molar-refractivity contribution in [1.82, 2.24) is 4.98 Å². The summed E-state index contributed by atoms with van der Waals surface area (Å²) < 4.78 is 1.11. The average molecular weight is 207 g/mol. The van der Waals surface area contributed by atoms with Crippen molar-refractivity contribution in [3.8, 4) is 0 Å². The zero-order valence-electron chi connectivity index (χ0n) is 5.82. The number of nitrogens with zero attached hydrogens (tertiary/aromatic N) is 1. The quantitative estimate of drug-likeness (QED) is 0.588. The van der Waals surface area contributed by atoms with Gasteiger partial charge in [-0.1, -0.05) is 0 Å². The Morgan fingerprint density at radius 3 is 2.73 bits per heavy atom. The molecule has 11 heavy (non-hydrogen) atoms. The molecular weight excluding hydrogens is 201 g/mol. The summed E-state index contributed by atoms with van der Waals surface area (Å²) >= 11 is 2.98. The van der Waals surface area contributed by atoms with Crippen LogP contribution >= 0.6 is 0 Å². The van der Waals surface area contributed by atoms with Crippen LogP contribution in [0.3, 0.4) is 0 Å². The van der Waals surface area contributed by atoms with Crippen LogP contribution in [0.25, 0.3) is 10.9 Å². The summed E-state index contributed by atoms with van der Waals surface area (Å²) in [7, 11) is 0. The van der Waals surface area contributed by atoms with Gasteiger partial charge < -0.3 is 0 Å². The molecule has 2 rings (SSSR count). The normalized spacial score (nSPS) is 10.2. The molecule has 0 atom stereocenters. The van der Waals surface area contributed by atoms with Gasteiger partial charge in [0.15, 0.2) is 0 Å². The number of para-hydroxylation sites is 1. The van der Waals surface area contributed by atoms with Gasteiger partial charge in [0.1, 0.15) is 0 Å². The molecule has 1 radical (unpaired) electrons. The van der Waals surface area contributed by atoms with Gasteiger partial charge in [-0.15, -0.1) is 0 Å². The van der Waals surface area contributed by atoms with Crippen LogP contribution in [0.4, 0.5) is 0 Å². The van der Waals surface area contributed by atoms with Gasteiger partial charge in [0.05, 0.1) is 0 Å². The van der Waals surface area contributed by atoms with Crippen molar-refractivity contribution in [2.45, 2.75) is 0 Å². The zero-order valence-corrected chi connectivity index (χ0v) is 7.53. The maximum atomic E-state index is 4.25. The van der Waals surface area contributed by atoms with Gasteiger partial charge in [0.2, 0.25) is 0 Å². The van der Waals surface area contributed by atoms with Gasteiger partial charge in [-0.2, -0.15) is 0 Å². The van der Waals surface area contributed by atoms with Crippen molar-refractivity contribution in [3.05, 3.63) is 36.5 Å². The first-order chi connectivity index (χ1) is 5.38. The van der Waals surface area contributed by atoms with E-state index in [0.29, 0.717) is 0 Å². The van der Waals surface area contributed by atoms with Crippen molar-refractivity contribution in [1.29, 1.82) is 0 Å². The zero-order chi connectivity index (χ0) is 7.68. The van der Waals surface area contributed by atoms with Gasteiger partial charge in [-0.05, 0) is 0 Å². The van der Waals surface area contributed by atoms with Crippen LogP contribution in [-0.4, -0.2) is 21.0 Å². The number of aromatic nitrogens is 1. The number of fused-ring (bicyclic) bond motifs is 1. The fourth-order valence-corrected chi connectivity index (χ4v) is 1.60. The summed E-state index contributed by atoms with van der Waals surface area (Å²) in [5.74, 6) is 0. The second-order valence-electron chi connectivity index (χ2n) is 2.33. The molecule has 1 aromatic carbocycles. The SMILES string of the molecule is [Se]c1cccc2cccnc12. The number of hydrogen-bond donors (Lipinski definition) is 0. The Bertz CT molecular complexity index is 379. The van der Waals surface area contributed by atoms with E-state index < -0.39 is 0 Å². The molecule has 0 unspecified atom stereocenters. The van der Waals surface area contributed by atoms with Gasteiger partial charge in [-0.3, -0.25) is 0 Å². The molecular formula is C9H6NSe. The Morgan fingerprint density at radius 1 is 1.09 bits per heavy atom. The minimum atomic E-state index is 1.05. The van der Waals surface area contributed by atoms with Crippen LogP contribution in [0.2, 0.25) is 0 Å². The Morgan fingerprint density at radius 2 is 1.91 bits per heavy atom. The molecule has 53 valence electrons. The standard InChI is InChI=1S/C9H6NSe/c11-8-5-1-3-7-4-2-6-10-9(7)8/h1-6H. The van der Waals surface area contributed by atoms with Gasteiger partial charge in [-0.25, -0.2) is 0 Å². The van der Waals surface area contributed by atoms with Crippen LogP contribution in [0, 0.1) is 0 Å². The fourth-order valence-electron chi connectivity index (χ4n) is 1.08. The van der Waals surface area contributed by atoms with E-state index in [4.69, 9.17) is 0 Å². The minimum absolute atomic E-state index is 1.05. The average Bonchev–Trinajstić information content (AvgIpc) is 2.06. The van der Waals surface area contributed by atoms with E-state index in [0.717, 1.165) is 9.98 Å². The van der Waals surface area contributed by atoms with E-state index in [1.165, 1.54) is 5.39 Å². The molecule has 0 spiro atoms.